The summed E-state index contributed by atoms with van der Waals surface area (Å²) in [7, 11) is 1.65. The number of aryl methyl sites for hydroxylation is 2. The van der Waals surface area contributed by atoms with Gasteiger partial charge in [0.05, 0.1) is 11.0 Å². The maximum Gasteiger partial charge on any atom is 0.313 e. The van der Waals surface area contributed by atoms with E-state index in [-0.39, 0.29) is 12.1 Å². The number of rotatable bonds is 4. The van der Waals surface area contributed by atoms with Crippen LogP contribution < -0.4 is 0 Å². The second-order valence-corrected chi connectivity index (χ2v) is 3.53. The molecule has 15 heavy (non-hydrogen) atoms. The van der Waals surface area contributed by atoms with Crippen LogP contribution in [0.25, 0.3) is 0 Å². The first-order valence-corrected chi connectivity index (χ1v) is 4.82. The zero-order valence-corrected chi connectivity index (χ0v) is 9.10. The third-order valence-electron chi connectivity index (χ3n) is 2.39. The molecule has 84 valence electrons. The number of hydrogen-bond acceptors (Lipinski definition) is 4. The van der Waals surface area contributed by atoms with Crippen LogP contribution in [0.1, 0.15) is 24.7 Å². The lowest BCUT2D eigenvalue weighted by Crippen LogP contribution is -2.13. The topological polar surface area (TPSA) is 81.2 Å². The molecule has 0 amide bonds. The highest BCUT2D eigenvalue weighted by atomic mass is 16.6. The van der Waals surface area contributed by atoms with Crippen molar-refractivity contribution in [3.63, 3.8) is 0 Å². The molecule has 1 rings (SSSR count). The van der Waals surface area contributed by atoms with Gasteiger partial charge in [0.15, 0.2) is 0 Å². The van der Waals surface area contributed by atoms with Crippen LogP contribution in [-0.4, -0.2) is 25.9 Å². The van der Waals surface area contributed by atoms with E-state index in [0.717, 1.165) is 0 Å². The number of aromatic nitrogens is 2. The summed E-state index contributed by atoms with van der Waals surface area (Å²) in [6.07, 6.45) is 0.282. The molecule has 0 aliphatic rings. The predicted molar refractivity (Wildman–Crippen MR) is 54.6 cm³/mol. The molecule has 0 bridgehead atoms. The zero-order valence-electron chi connectivity index (χ0n) is 9.10. The van der Waals surface area contributed by atoms with Crippen molar-refractivity contribution in [1.82, 2.24) is 9.78 Å². The van der Waals surface area contributed by atoms with E-state index in [9.17, 15) is 15.2 Å². The molecule has 1 atom stereocenters. The molecule has 0 aliphatic carbocycles. The molecular weight excluding hydrogens is 198 g/mol. The van der Waals surface area contributed by atoms with Gasteiger partial charge in [-0.25, -0.2) is 0 Å². The highest BCUT2D eigenvalue weighted by Crippen LogP contribution is 2.23. The third-order valence-corrected chi connectivity index (χ3v) is 2.39. The van der Waals surface area contributed by atoms with Crippen LogP contribution in [0, 0.1) is 17.0 Å². The summed E-state index contributed by atoms with van der Waals surface area (Å²) in [5.41, 5.74) is 0.887. The lowest BCUT2D eigenvalue weighted by molar-refractivity contribution is -0.386. The first kappa shape index (κ1) is 11.6. The van der Waals surface area contributed by atoms with Crippen LogP contribution in [0.3, 0.4) is 0 Å². The van der Waals surface area contributed by atoms with Gasteiger partial charge in [0.2, 0.25) is 0 Å². The van der Waals surface area contributed by atoms with E-state index in [1.807, 2.05) is 6.92 Å². The fourth-order valence-electron chi connectivity index (χ4n) is 1.53. The molecular formula is C9H15N3O3. The van der Waals surface area contributed by atoms with Gasteiger partial charge in [0, 0.05) is 13.5 Å². The normalized spacial score (nSPS) is 12.8. The minimum absolute atomic E-state index is 0.0185. The van der Waals surface area contributed by atoms with Gasteiger partial charge < -0.3 is 5.11 Å². The quantitative estimate of drug-likeness (QED) is 0.596. The second kappa shape index (κ2) is 4.39. The van der Waals surface area contributed by atoms with Gasteiger partial charge in [-0.05, 0) is 13.3 Å². The monoisotopic (exact) mass is 213 g/mol. The van der Waals surface area contributed by atoms with Gasteiger partial charge in [-0.2, -0.15) is 5.10 Å². The zero-order chi connectivity index (χ0) is 11.6. The molecule has 1 heterocycles. The molecule has 6 nitrogen and oxygen atoms in total. The Morgan fingerprint density at radius 3 is 2.73 bits per heavy atom. The molecule has 0 fully saturated rings. The highest BCUT2D eigenvalue weighted by molar-refractivity contribution is 5.40. The Hall–Kier alpha value is -1.43. The molecule has 0 aliphatic heterocycles. The van der Waals surface area contributed by atoms with Crippen LogP contribution >= 0.6 is 0 Å². The Bertz CT molecular complexity index is 373. The van der Waals surface area contributed by atoms with E-state index in [4.69, 9.17) is 0 Å². The first-order chi connectivity index (χ1) is 6.97. The summed E-state index contributed by atoms with van der Waals surface area (Å²) in [5.74, 6) is 0. The maximum atomic E-state index is 10.8. The van der Waals surface area contributed by atoms with E-state index >= 15 is 0 Å². The Balaban J connectivity index is 3.09. The molecule has 0 spiro atoms. The molecule has 1 aromatic heterocycles. The Labute approximate surface area is 87.7 Å². The minimum atomic E-state index is -0.557. The second-order valence-electron chi connectivity index (χ2n) is 3.53. The summed E-state index contributed by atoms with van der Waals surface area (Å²) in [5, 5.41) is 24.3. The standard InChI is InChI=1S/C9H15N3O3/c1-4-7(13)5-8-9(12(14)15)6(2)10-11(8)3/h7,13H,4-5H2,1-3H3. The average Bonchev–Trinajstić information content (AvgIpc) is 2.41. The molecule has 0 saturated heterocycles. The van der Waals surface area contributed by atoms with Gasteiger partial charge in [0.1, 0.15) is 11.4 Å². The Morgan fingerprint density at radius 1 is 1.67 bits per heavy atom. The fourth-order valence-corrected chi connectivity index (χ4v) is 1.53. The van der Waals surface area contributed by atoms with Crippen molar-refractivity contribution in [2.24, 2.45) is 7.05 Å². The lowest BCUT2D eigenvalue weighted by Gasteiger charge is -2.06. The summed E-state index contributed by atoms with van der Waals surface area (Å²) < 4.78 is 1.46. The molecule has 1 aromatic rings. The average molecular weight is 213 g/mol. The van der Waals surface area contributed by atoms with Gasteiger partial charge in [0.25, 0.3) is 0 Å². The first-order valence-electron chi connectivity index (χ1n) is 4.82. The molecule has 0 saturated carbocycles. The minimum Gasteiger partial charge on any atom is -0.393 e. The van der Waals surface area contributed by atoms with Crippen LogP contribution in [0.15, 0.2) is 0 Å². The summed E-state index contributed by atoms with van der Waals surface area (Å²) in [6.45, 7) is 3.43. The van der Waals surface area contributed by atoms with Crippen molar-refractivity contribution in [3.8, 4) is 0 Å². The largest absolute Gasteiger partial charge is 0.393 e. The number of nitrogens with zero attached hydrogens (tertiary/aromatic N) is 3. The van der Waals surface area contributed by atoms with E-state index in [1.54, 1.807) is 14.0 Å². The van der Waals surface area contributed by atoms with Crippen LogP contribution in [0.5, 0.6) is 0 Å². The molecule has 0 radical (unpaired) electrons. The third kappa shape index (κ3) is 2.33. The van der Waals surface area contributed by atoms with E-state index < -0.39 is 11.0 Å². The Kier molecular flexibility index (Phi) is 3.41. The van der Waals surface area contributed by atoms with Crippen molar-refractivity contribution >= 4 is 5.69 Å². The van der Waals surface area contributed by atoms with Crippen molar-refractivity contribution in [2.45, 2.75) is 32.8 Å². The van der Waals surface area contributed by atoms with Crippen molar-refractivity contribution in [1.29, 1.82) is 0 Å². The van der Waals surface area contributed by atoms with Gasteiger partial charge in [-0.1, -0.05) is 6.92 Å². The lowest BCUT2D eigenvalue weighted by atomic mass is 10.1. The van der Waals surface area contributed by atoms with Crippen molar-refractivity contribution in [2.75, 3.05) is 0 Å². The predicted octanol–water partition coefficient (Wildman–Crippen LogP) is 0.950. The van der Waals surface area contributed by atoms with Crippen LogP contribution in [0.2, 0.25) is 0 Å². The SMILES string of the molecule is CCC(O)Cc1c([N+](=O)[O-])c(C)nn1C. The number of hydrogen-bond donors (Lipinski definition) is 1. The van der Waals surface area contributed by atoms with Crippen LogP contribution in [0.4, 0.5) is 5.69 Å². The van der Waals surface area contributed by atoms with Crippen molar-refractivity contribution < 1.29 is 10.0 Å². The molecule has 1 N–H and O–H groups in total. The summed E-state index contributed by atoms with van der Waals surface area (Å²) in [6, 6.07) is 0. The van der Waals surface area contributed by atoms with Crippen LogP contribution in [-0.2, 0) is 13.5 Å². The number of nitro groups is 1. The van der Waals surface area contributed by atoms with E-state index in [0.29, 0.717) is 17.8 Å². The number of aliphatic hydroxyl groups is 1. The van der Waals surface area contributed by atoms with E-state index in [2.05, 4.69) is 5.10 Å². The van der Waals surface area contributed by atoms with Gasteiger partial charge in [-0.3, -0.25) is 14.8 Å². The molecule has 1 unspecified atom stereocenters. The van der Waals surface area contributed by atoms with Gasteiger partial charge in [-0.15, -0.1) is 0 Å². The van der Waals surface area contributed by atoms with Crippen molar-refractivity contribution in [3.05, 3.63) is 21.5 Å². The maximum absolute atomic E-state index is 10.8. The highest BCUT2D eigenvalue weighted by Gasteiger charge is 2.24. The fraction of sp³-hybridized carbons (Fsp3) is 0.667. The molecule has 0 aromatic carbocycles. The Morgan fingerprint density at radius 2 is 2.27 bits per heavy atom. The smallest absolute Gasteiger partial charge is 0.313 e. The summed E-state index contributed by atoms with van der Waals surface area (Å²) in [4.78, 5) is 10.4. The van der Waals surface area contributed by atoms with Gasteiger partial charge >= 0.3 is 5.69 Å². The summed E-state index contributed by atoms with van der Waals surface area (Å²) >= 11 is 0. The molecule has 6 heteroatoms. The van der Waals surface area contributed by atoms with E-state index in [1.165, 1.54) is 4.68 Å². The number of aliphatic hydroxyl groups excluding tert-OH is 1.